The fraction of sp³-hybridized carbons (Fsp3) is 0.208. The second-order valence-corrected chi connectivity index (χ2v) is 11.8. The van der Waals surface area contributed by atoms with E-state index in [1.165, 1.54) is 53.8 Å². The number of hydrogen-bond acceptors (Lipinski definition) is 5. The molecule has 0 aliphatic heterocycles. The van der Waals surface area contributed by atoms with Gasteiger partial charge in [-0.3, -0.25) is 9.10 Å². The molecule has 3 rings (SSSR count). The van der Waals surface area contributed by atoms with Gasteiger partial charge in [-0.25, -0.2) is 16.8 Å². The van der Waals surface area contributed by atoms with Gasteiger partial charge in [0.2, 0.25) is 10.0 Å². The minimum atomic E-state index is -3.83. The van der Waals surface area contributed by atoms with Crippen molar-refractivity contribution in [3.63, 3.8) is 0 Å². The summed E-state index contributed by atoms with van der Waals surface area (Å²) >= 11 is 6.14. The molecule has 0 aliphatic rings. The number of halogens is 1. The van der Waals surface area contributed by atoms with Gasteiger partial charge in [0.1, 0.15) is 4.90 Å². The van der Waals surface area contributed by atoms with Crippen molar-refractivity contribution in [2.45, 2.75) is 23.6 Å². The molecule has 0 fully saturated rings. The van der Waals surface area contributed by atoms with Gasteiger partial charge in [-0.15, -0.1) is 0 Å². The van der Waals surface area contributed by atoms with E-state index in [0.717, 1.165) is 4.31 Å². The van der Waals surface area contributed by atoms with E-state index in [-0.39, 0.29) is 39.2 Å². The lowest BCUT2D eigenvalue weighted by molar-refractivity contribution is 0.102. The van der Waals surface area contributed by atoms with Crippen LogP contribution in [-0.4, -0.2) is 47.2 Å². The normalized spacial score (nSPS) is 11.9. The van der Waals surface area contributed by atoms with Crippen LogP contribution in [0.2, 0.25) is 5.02 Å². The van der Waals surface area contributed by atoms with E-state index in [0.29, 0.717) is 5.69 Å². The van der Waals surface area contributed by atoms with Crippen molar-refractivity contribution in [2.24, 2.45) is 0 Å². The zero-order valence-corrected chi connectivity index (χ0v) is 21.9. The Hall–Kier alpha value is -2.92. The summed E-state index contributed by atoms with van der Waals surface area (Å²) in [6.45, 7) is 4.01. The van der Waals surface area contributed by atoms with Crippen molar-refractivity contribution in [2.75, 3.05) is 29.8 Å². The average Bonchev–Trinajstić information content (AvgIpc) is 2.85. The monoisotopic (exact) mass is 535 g/mol. The van der Waals surface area contributed by atoms with Gasteiger partial charge < -0.3 is 5.32 Å². The van der Waals surface area contributed by atoms with Crippen LogP contribution in [0.4, 0.5) is 11.4 Å². The first-order chi connectivity index (χ1) is 16.5. The summed E-state index contributed by atoms with van der Waals surface area (Å²) in [5.41, 5.74) is 0.951. The predicted molar refractivity (Wildman–Crippen MR) is 138 cm³/mol. The Kier molecular flexibility index (Phi) is 8.22. The first-order valence-corrected chi connectivity index (χ1v) is 14.0. The highest BCUT2D eigenvalue weighted by Crippen LogP contribution is 2.28. The molecule has 0 bridgehead atoms. The van der Waals surface area contributed by atoms with Crippen LogP contribution >= 0.6 is 11.6 Å². The predicted octanol–water partition coefficient (Wildman–Crippen LogP) is 4.45. The number of carbonyl (C=O) groups is 1. The molecule has 0 spiro atoms. The number of rotatable bonds is 9. The molecule has 0 unspecified atom stereocenters. The standard InChI is InChI=1S/C24H26ClN3O5S2/c1-4-28(5-2)35(32,33)23-17-19(13-16-22(23)25)26-24(29)18-11-14-21(15-12-18)34(30,31)27(3)20-9-7-6-8-10-20/h6-17H,4-5H2,1-3H3,(H,26,29). The molecular formula is C24H26ClN3O5S2. The molecule has 0 heterocycles. The molecule has 1 amide bonds. The molecule has 0 radical (unpaired) electrons. The van der Waals surface area contributed by atoms with Crippen LogP contribution in [0.25, 0.3) is 0 Å². The number of para-hydroxylation sites is 1. The molecule has 11 heteroatoms. The molecule has 1 N–H and O–H groups in total. The fourth-order valence-corrected chi connectivity index (χ4v) is 6.55. The number of nitrogens with zero attached hydrogens (tertiary/aromatic N) is 2. The van der Waals surface area contributed by atoms with E-state index in [9.17, 15) is 21.6 Å². The topological polar surface area (TPSA) is 104 Å². The number of benzene rings is 3. The number of anilines is 2. The number of nitrogens with one attached hydrogen (secondary N) is 1. The van der Waals surface area contributed by atoms with Gasteiger partial charge in [0.05, 0.1) is 15.6 Å². The molecule has 8 nitrogen and oxygen atoms in total. The van der Waals surface area contributed by atoms with Crippen LogP contribution in [0.15, 0.2) is 82.6 Å². The van der Waals surface area contributed by atoms with Crippen molar-refractivity contribution in [1.82, 2.24) is 4.31 Å². The lowest BCUT2D eigenvalue weighted by Crippen LogP contribution is -2.30. The van der Waals surface area contributed by atoms with E-state index >= 15 is 0 Å². The molecule has 0 saturated carbocycles. The Morgan fingerprint density at radius 1 is 0.857 bits per heavy atom. The van der Waals surface area contributed by atoms with Crippen molar-refractivity contribution < 1.29 is 21.6 Å². The van der Waals surface area contributed by atoms with Gasteiger partial charge in [0.15, 0.2) is 0 Å². The lowest BCUT2D eigenvalue weighted by Gasteiger charge is -2.20. The molecule has 3 aromatic carbocycles. The quantitative estimate of drug-likeness (QED) is 0.436. The Morgan fingerprint density at radius 2 is 1.46 bits per heavy atom. The maximum atomic E-state index is 12.9. The second-order valence-electron chi connectivity index (χ2n) is 7.52. The molecule has 0 atom stereocenters. The molecule has 35 heavy (non-hydrogen) atoms. The van der Waals surface area contributed by atoms with E-state index in [1.807, 2.05) is 0 Å². The summed E-state index contributed by atoms with van der Waals surface area (Å²) < 4.78 is 54.0. The molecule has 0 aliphatic carbocycles. The van der Waals surface area contributed by atoms with Crippen LogP contribution < -0.4 is 9.62 Å². The summed E-state index contributed by atoms with van der Waals surface area (Å²) in [5, 5.41) is 2.69. The van der Waals surface area contributed by atoms with Crippen molar-refractivity contribution in [3.05, 3.63) is 83.4 Å². The molecule has 0 aromatic heterocycles. The van der Waals surface area contributed by atoms with Crippen LogP contribution in [0.5, 0.6) is 0 Å². The first-order valence-electron chi connectivity index (χ1n) is 10.8. The molecule has 186 valence electrons. The number of amides is 1. The van der Waals surface area contributed by atoms with Gasteiger partial charge in [-0.05, 0) is 54.6 Å². The summed E-state index contributed by atoms with van der Waals surface area (Å²) in [4.78, 5) is 12.7. The average molecular weight is 536 g/mol. The van der Waals surface area contributed by atoms with Crippen LogP contribution in [0, 0.1) is 0 Å². The maximum absolute atomic E-state index is 12.9. The zero-order valence-electron chi connectivity index (χ0n) is 19.5. The maximum Gasteiger partial charge on any atom is 0.264 e. The van der Waals surface area contributed by atoms with E-state index in [1.54, 1.807) is 44.2 Å². The number of hydrogen-bond donors (Lipinski definition) is 1. The largest absolute Gasteiger partial charge is 0.322 e. The smallest absolute Gasteiger partial charge is 0.264 e. The first kappa shape index (κ1) is 26.7. The Morgan fingerprint density at radius 3 is 2.03 bits per heavy atom. The molecular weight excluding hydrogens is 510 g/mol. The minimum Gasteiger partial charge on any atom is -0.322 e. The minimum absolute atomic E-state index is 0.0273. The van der Waals surface area contributed by atoms with Crippen LogP contribution in [0.3, 0.4) is 0 Å². The highest BCUT2D eigenvalue weighted by molar-refractivity contribution is 7.92. The van der Waals surface area contributed by atoms with Gasteiger partial charge in [-0.2, -0.15) is 4.31 Å². The SMILES string of the molecule is CCN(CC)S(=O)(=O)c1cc(NC(=O)c2ccc(S(=O)(=O)N(C)c3ccccc3)cc2)ccc1Cl. The highest BCUT2D eigenvalue weighted by Gasteiger charge is 2.25. The lowest BCUT2D eigenvalue weighted by atomic mass is 10.2. The Labute approximate surface area is 211 Å². The van der Waals surface area contributed by atoms with Crippen LogP contribution in [0.1, 0.15) is 24.2 Å². The third kappa shape index (κ3) is 5.67. The van der Waals surface area contributed by atoms with Crippen molar-refractivity contribution in [1.29, 1.82) is 0 Å². The number of sulfonamides is 2. The summed E-state index contributed by atoms with van der Waals surface area (Å²) in [7, 11) is -6.19. The Bertz CT molecular complexity index is 1410. The summed E-state index contributed by atoms with van der Waals surface area (Å²) in [5.74, 6) is -0.529. The highest BCUT2D eigenvalue weighted by atomic mass is 35.5. The summed E-state index contributed by atoms with van der Waals surface area (Å²) in [6, 6.07) is 18.3. The number of carbonyl (C=O) groups excluding carboxylic acids is 1. The fourth-order valence-electron chi connectivity index (χ4n) is 3.40. The summed E-state index contributed by atoms with van der Waals surface area (Å²) in [6.07, 6.45) is 0. The van der Waals surface area contributed by atoms with E-state index in [4.69, 9.17) is 11.6 Å². The van der Waals surface area contributed by atoms with Crippen molar-refractivity contribution >= 4 is 48.9 Å². The van der Waals surface area contributed by atoms with E-state index < -0.39 is 26.0 Å². The van der Waals surface area contributed by atoms with Crippen LogP contribution in [-0.2, 0) is 20.0 Å². The van der Waals surface area contributed by atoms with Crippen molar-refractivity contribution in [3.8, 4) is 0 Å². The molecule has 3 aromatic rings. The molecule has 0 saturated heterocycles. The van der Waals surface area contributed by atoms with Gasteiger partial charge >= 0.3 is 0 Å². The Balaban J connectivity index is 1.82. The zero-order chi connectivity index (χ0) is 25.8. The second kappa shape index (κ2) is 10.8. The third-order valence-electron chi connectivity index (χ3n) is 5.41. The van der Waals surface area contributed by atoms with Gasteiger partial charge in [-0.1, -0.05) is 43.6 Å². The van der Waals surface area contributed by atoms with Gasteiger partial charge in [0.25, 0.3) is 15.9 Å². The van der Waals surface area contributed by atoms with Gasteiger partial charge in [0, 0.05) is 31.4 Å². The third-order valence-corrected chi connectivity index (χ3v) is 9.74. The van der Waals surface area contributed by atoms with E-state index in [2.05, 4.69) is 5.32 Å².